The van der Waals surface area contributed by atoms with Crippen LogP contribution in [0.3, 0.4) is 0 Å². The van der Waals surface area contributed by atoms with Crippen molar-refractivity contribution in [3.8, 4) is 10.4 Å². The summed E-state index contributed by atoms with van der Waals surface area (Å²) in [5.74, 6) is -0.323. The Morgan fingerprint density at radius 2 is 2.00 bits per heavy atom. The second-order valence-corrected chi connectivity index (χ2v) is 8.30. The van der Waals surface area contributed by atoms with E-state index in [1.54, 1.807) is 0 Å². The smallest absolute Gasteiger partial charge is 0.329 e. The number of aromatic nitrogens is 2. The van der Waals surface area contributed by atoms with Crippen LogP contribution in [0.2, 0.25) is 0 Å². The first kappa shape index (κ1) is 18.9. The summed E-state index contributed by atoms with van der Waals surface area (Å²) >= 11 is 1.49. The van der Waals surface area contributed by atoms with Gasteiger partial charge in [0.15, 0.2) is 0 Å². The number of carbonyl (C=O) groups is 1. The minimum absolute atomic E-state index is 0.0199. The van der Waals surface area contributed by atoms with E-state index < -0.39 is 6.04 Å². The highest BCUT2D eigenvalue weighted by Gasteiger charge is 2.26. The van der Waals surface area contributed by atoms with E-state index in [0.717, 1.165) is 36.1 Å². The molecule has 1 aliphatic rings. The fraction of sp³-hybridized carbons (Fsp3) is 0.409. The van der Waals surface area contributed by atoms with Crippen molar-refractivity contribution in [2.24, 2.45) is 0 Å². The number of thiophene rings is 1. The number of hydrogen-bond acceptors (Lipinski definition) is 5. The van der Waals surface area contributed by atoms with Crippen LogP contribution in [0, 0.1) is 0 Å². The molecule has 1 aliphatic carbocycles. The number of hydrogen-bond donors (Lipinski definition) is 0. The van der Waals surface area contributed by atoms with Gasteiger partial charge in [-0.1, -0.05) is 43.7 Å². The quantitative estimate of drug-likeness (QED) is 0.572. The van der Waals surface area contributed by atoms with Crippen molar-refractivity contribution in [1.82, 2.24) is 9.55 Å². The minimum Gasteiger partial charge on any atom is -0.461 e. The average Bonchev–Trinajstić information content (AvgIpc) is 3.17. The molecule has 1 atom stereocenters. The molecule has 0 bridgehead atoms. The van der Waals surface area contributed by atoms with Gasteiger partial charge < -0.3 is 4.74 Å². The number of benzene rings is 1. The Hall–Kier alpha value is -2.47. The van der Waals surface area contributed by atoms with Crippen LogP contribution in [-0.2, 0) is 9.53 Å². The molecule has 1 saturated carbocycles. The van der Waals surface area contributed by atoms with E-state index in [4.69, 9.17) is 4.74 Å². The van der Waals surface area contributed by atoms with Crippen LogP contribution >= 0.6 is 11.3 Å². The highest BCUT2D eigenvalue weighted by molar-refractivity contribution is 7.21. The lowest BCUT2D eigenvalue weighted by Gasteiger charge is -2.24. The molecule has 1 aromatic carbocycles. The van der Waals surface area contributed by atoms with E-state index in [2.05, 4.69) is 4.98 Å². The van der Waals surface area contributed by atoms with Crippen LogP contribution in [0.4, 0.5) is 0 Å². The van der Waals surface area contributed by atoms with Crippen LogP contribution in [0.1, 0.15) is 51.5 Å². The SMILES string of the molecule is CC[C@@H](C(=O)OC1CCCCC1)n1cnc2sc(-c3ccccc3)cc2c1=O. The van der Waals surface area contributed by atoms with Crippen LogP contribution in [0.15, 0.2) is 47.5 Å². The first-order chi connectivity index (χ1) is 13.7. The molecule has 28 heavy (non-hydrogen) atoms. The third-order valence-electron chi connectivity index (χ3n) is 5.36. The third-order valence-corrected chi connectivity index (χ3v) is 6.46. The standard InChI is InChI=1S/C22H24N2O3S/c1-2-18(22(26)27-16-11-7-4-8-12-16)24-14-23-20-17(21(24)25)13-19(28-20)15-9-5-3-6-10-15/h3,5-6,9-10,13-14,16,18H,2,4,7-8,11-12H2,1H3/t18-/m0/s1. The first-order valence-corrected chi connectivity index (χ1v) is 10.8. The summed E-state index contributed by atoms with van der Waals surface area (Å²) in [6, 6.07) is 11.2. The Bertz CT molecular complexity index is 1020. The molecule has 4 rings (SSSR count). The lowest BCUT2D eigenvalue weighted by atomic mass is 9.98. The van der Waals surface area contributed by atoms with Gasteiger partial charge in [-0.25, -0.2) is 9.78 Å². The fourth-order valence-corrected chi connectivity index (χ4v) is 4.80. The van der Waals surface area contributed by atoms with Gasteiger partial charge in [0.05, 0.1) is 11.7 Å². The Kier molecular flexibility index (Phi) is 5.57. The van der Waals surface area contributed by atoms with E-state index in [9.17, 15) is 9.59 Å². The van der Waals surface area contributed by atoms with Crippen molar-refractivity contribution in [3.05, 3.63) is 53.1 Å². The highest BCUT2D eigenvalue weighted by atomic mass is 32.1. The Balaban J connectivity index is 1.64. The molecule has 0 spiro atoms. The summed E-state index contributed by atoms with van der Waals surface area (Å²) in [5.41, 5.74) is 0.871. The molecule has 2 aromatic heterocycles. The molecule has 1 fully saturated rings. The summed E-state index contributed by atoms with van der Waals surface area (Å²) in [7, 11) is 0. The van der Waals surface area contributed by atoms with Crippen molar-refractivity contribution in [2.45, 2.75) is 57.6 Å². The monoisotopic (exact) mass is 396 g/mol. The maximum absolute atomic E-state index is 13.1. The van der Waals surface area contributed by atoms with Crippen molar-refractivity contribution in [2.75, 3.05) is 0 Å². The van der Waals surface area contributed by atoms with Gasteiger partial charge in [-0.15, -0.1) is 11.3 Å². The van der Waals surface area contributed by atoms with E-state index >= 15 is 0 Å². The van der Waals surface area contributed by atoms with Gasteiger partial charge in [-0.05, 0) is 43.7 Å². The number of rotatable bonds is 5. The topological polar surface area (TPSA) is 61.2 Å². The van der Waals surface area contributed by atoms with Crippen molar-refractivity contribution in [1.29, 1.82) is 0 Å². The predicted octanol–water partition coefficient (Wildman–Crippen LogP) is 4.95. The summed E-state index contributed by atoms with van der Waals surface area (Å²) in [5, 5.41) is 0.551. The number of nitrogens with zero attached hydrogens (tertiary/aromatic N) is 2. The number of carbonyl (C=O) groups excluding carboxylic acids is 1. The van der Waals surface area contributed by atoms with E-state index in [1.807, 2.05) is 43.3 Å². The molecule has 0 amide bonds. The maximum Gasteiger partial charge on any atom is 0.329 e. The van der Waals surface area contributed by atoms with Gasteiger partial charge >= 0.3 is 5.97 Å². The van der Waals surface area contributed by atoms with Crippen LogP contribution in [0.5, 0.6) is 0 Å². The van der Waals surface area contributed by atoms with Crippen LogP contribution < -0.4 is 5.56 Å². The Morgan fingerprint density at radius 1 is 1.25 bits per heavy atom. The summed E-state index contributed by atoms with van der Waals surface area (Å²) in [4.78, 5) is 32.0. The van der Waals surface area contributed by atoms with Gasteiger partial charge in [-0.3, -0.25) is 9.36 Å². The summed E-state index contributed by atoms with van der Waals surface area (Å²) in [6.45, 7) is 1.90. The fourth-order valence-electron chi connectivity index (χ4n) is 3.81. The number of ether oxygens (including phenoxy) is 1. The molecule has 0 saturated heterocycles. The molecule has 146 valence electrons. The largest absolute Gasteiger partial charge is 0.461 e. The lowest BCUT2D eigenvalue weighted by molar-refractivity contribution is -0.154. The zero-order valence-corrected chi connectivity index (χ0v) is 16.8. The van der Waals surface area contributed by atoms with Gasteiger partial charge in [0.1, 0.15) is 17.0 Å². The molecular formula is C22H24N2O3S. The Labute approximate surface area is 168 Å². The predicted molar refractivity (Wildman–Crippen MR) is 112 cm³/mol. The molecule has 5 nitrogen and oxygen atoms in total. The van der Waals surface area contributed by atoms with Gasteiger partial charge in [0.2, 0.25) is 0 Å². The van der Waals surface area contributed by atoms with Crippen LogP contribution in [-0.4, -0.2) is 21.6 Å². The molecule has 0 unspecified atom stereocenters. The molecule has 2 heterocycles. The molecule has 0 radical (unpaired) electrons. The van der Waals surface area contributed by atoms with E-state index in [-0.39, 0.29) is 17.6 Å². The molecule has 6 heteroatoms. The second-order valence-electron chi connectivity index (χ2n) is 7.27. The lowest BCUT2D eigenvalue weighted by Crippen LogP contribution is -2.33. The van der Waals surface area contributed by atoms with Crippen molar-refractivity contribution >= 4 is 27.5 Å². The van der Waals surface area contributed by atoms with Gasteiger partial charge in [0.25, 0.3) is 5.56 Å². The molecule has 0 N–H and O–H groups in total. The van der Waals surface area contributed by atoms with E-state index in [0.29, 0.717) is 16.6 Å². The molecule has 0 aliphatic heterocycles. The average molecular weight is 397 g/mol. The summed E-state index contributed by atoms with van der Waals surface area (Å²) in [6.07, 6.45) is 7.19. The van der Waals surface area contributed by atoms with Crippen molar-refractivity contribution < 1.29 is 9.53 Å². The second kappa shape index (κ2) is 8.27. The van der Waals surface area contributed by atoms with Gasteiger partial charge in [-0.2, -0.15) is 0 Å². The maximum atomic E-state index is 13.1. The zero-order valence-electron chi connectivity index (χ0n) is 16.0. The third kappa shape index (κ3) is 3.74. The Morgan fingerprint density at radius 3 is 2.71 bits per heavy atom. The summed E-state index contributed by atoms with van der Waals surface area (Å²) < 4.78 is 7.16. The highest BCUT2D eigenvalue weighted by Crippen LogP contribution is 2.31. The zero-order chi connectivity index (χ0) is 19.5. The first-order valence-electron chi connectivity index (χ1n) is 9.94. The minimum atomic E-state index is -0.633. The number of fused-ring (bicyclic) bond motifs is 1. The molecular weight excluding hydrogens is 372 g/mol. The van der Waals surface area contributed by atoms with Crippen LogP contribution in [0.25, 0.3) is 20.7 Å². The van der Waals surface area contributed by atoms with Gasteiger partial charge in [0, 0.05) is 4.88 Å². The molecule has 3 aromatic rings. The normalized spacial score (nSPS) is 16.2. The number of esters is 1. The van der Waals surface area contributed by atoms with Crippen molar-refractivity contribution in [3.63, 3.8) is 0 Å². The van der Waals surface area contributed by atoms with E-state index in [1.165, 1.54) is 28.7 Å².